The van der Waals surface area contributed by atoms with E-state index in [1.54, 1.807) is 0 Å². The molecule has 3 nitrogen and oxygen atoms in total. The van der Waals surface area contributed by atoms with Crippen LogP contribution in [0.25, 0.3) is 0 Å². The minimum atomic E-state index is -0.699. The third-order valence-corrected chi connectivity index (χ3v) is 3.62. The zero-order valence-electron chi connectivity index (χ0n) is 10.8. The standard InChI is InChI=1S/C15H21NO2/c1-11(9-14(17)18)15(13-7-8-13)16-10-12-5-3-2-4-6-12/h2-6,11,13,15-16H,7-10H2,1H3,(H,17,18)/t11-,15?/m0/s1. The molecule has 2 N–H and O–H groups in total. The summed E-state index contributed by atoms with van der Waals surface area (Å²) in [6, 6.07) is 10.6. The molecule has 0 bridgehead atoms. The first-order chi connectivity index (χ1) is 8.66. The van der Waals surface area contributed by atoms with Crippen molar-refractivity contribution in [3.8, 4) is 0 Å². The highest BCUT2D eigenvalue weighted by molar-refractivity contribution is 5.67. The van der Waals surface area contributed by atoms with Gasteiger partial charge in [-0.05, 0) is 30.2 Å². The van der Waals surface area contributed by atoms with Crippen LogP contribution in [-0.4, -0.2) is 17.1 Å². The lowest BCUT2D eigenvalue weighted by atomic mass is 9.94. The van der Waals surface area contributed by atoms with Crippen LogP contribution in [0.5, 0.6) is 0 Å². The van der Waals surface area contributed by atoms with Gasteiger partial charge in [-0.3, -0.25) is 4.79 Å². The number of nitrogens with one attached hydrogen (secondary N) is 1. The van der Waals surface area contributed by atoms with E-state index in [0.29, 0.717) is 12.0 Å². The zero-order chi connectivity index (χ0) is 13.0. The van der Waals surface area contributed by atoms with Gasteiger partial charge >= 0.3 is 5.97 Å². The molecule has 2 rings (SSSR count). The van der Waals surface area contributed by atoms with E-state index >= 15 is 0 Å². The van der Waals surface area contributed by atoms with Gasteiger partial charge in [0.2, 0.25) is 0 Å². The van der Waals surface area contributed by atoms with Crippen molar-refractivity contribution in [1.29, 1.82) is 0 Å². The highest BCUT2D eigenvalue weighted by atomic mass is 16.4. The van der Waals surface area contributed by atoms with Gasteiger partial charge < -0.3 is 10.4 Å². The number of carboxylic acid groups (broad SMARTS) is 1. The molecule has 0 saturated heterocycles. The predicted molar refractivity (Wildman–Crippen MR) is 71.2 cm³/mol. The normalized spacial score (nSPS) is 18.3. The van der Waals surface area contributed by atoms with Crippen LogP contribution in [0.15, 0.2) is 30.3 Å². The Morgan fingerprint density at radius 2 is 2.06 bits per heavy atom. The minimum Gasteiger partial charge on any atom is -0.481 e. The molecule has 0 heterocycles. The number of benzene rings is 1. The lowest BCUT2D eigenvalue weighted by Crippen LogP contribution is -2.37. The average Bonchev–Trinajstić information content (AvgIpc) is 3.14. The van der Waals surface area contributed by atoms with Crippen LogP contribution in [0.3, 0.4) is 0 Å². The van der Waals surface area contributed by atoms with Crippen molar-refractivity contribution in [2.24, 2.45) is 11.8 Å². The van der Waals surface area contributed by atoms with Crippen LogP contribution >= 0.6 is 0 Å². The average molecular weight is 247 g/mol. The van der Waals surface area contributed by atoms with E-state index in [1.807, 2.05) is 25.1 Å². The first-order valence-corrected chi connectivity index (χ1v) is 6.66. The number of carboxylic acids is 1. The smallest absolute Gasteiger partial charge is 0.303 e. The number of rotatable bonds is 7. The largest absolute Gasteiger partial charge is 0.481 e. The lowest BCUT2D eigenvalue weighted by molar-refractivity contribution is -0.138. The monoisotopic (exact) mass is 247 g/mol. The fraction of sp³-hybridized carbons (Fsp3) is 0.533. The number of carbonyl (C=O) groups is 1. The van der Waals surface area contributed by atoms with Gasteiger partial charge in [0.1, 0.15) is 0 Å². The molecule has 2 atom stereocenters. The molecule has 3 heteroatoms. The molecule has 1 unspecified atom stereocenters. The molecule has 1 aliphatic carbocycles. The molecular formula is C15H21NO2. The predicted octanol–water partition coefficient (Wildman–Crippen LogP) is 2.67. The molecule has 0 spiro atoms. The summed E-state index contributed by atoms with van der Waals surface area (Å²) in [5.74, 6) is 0.163. The summed E-state index contributed by atoms with van der Waals surface area (Å²) in [4.78, 5) is 10.8. The molecule has 1 aromatic rings. The van der Waals surface area contributed by atoms with Crippen LogP contribution in [0.1, 0.15) is 31.7 Å². The molecule has 1 aromatic carbocycles. The molecular weight excluding hydrogens is 226 g/mol. The van der Waals surface area contributed by atoms with E-state index in [-0.39, 0.29) is 12.3 Å². The Labute approximate surface area is 108 Å². The molecule has 0 aliphatic heterocycles. The third kappa shape index (κ3) is 3.84. The second kappa shape index (κ2) is 6.01. The van der Waals surface area contributed by atoms with Gasteiger partial charge in [-0.15, -0.1) is 0 Å². The Balaban J connectivity index is 1.88. The van der Waals surface area contributed by atoms with E-state index in [9.17, 15) is 4.79 Å². The van der Waals surface area contributed by atoms with Gasteiger partial charge in [0.05, 0.1) is 0 Å². The molecule has 0 radical (unpaired) electrons. The maximum absolute atomic E-state index is 10.8. The van der Waals surface area contributed by atoms with Gasteiger partial charge in [-0.2, -0.15) is 0 Å². The molecule has 98 valence electrons. The Morgan fingerprint density at radius 3 is 2.61 bits per heavy atom. The first kappa shape index (κ1) is 13.1. The molecule has 0 amide bonds. The van der Waals surface area contributed by atoms with Crippen molar-refractivity contribution in [3.63, 3.8) is 0 Å². The Hall–Kier alpha value is -1.35. The van der Waals surface area contributed by atoms with Crippen LogP contribution in [0.2, 0.25) is 0 Å². The summed E-state index contributed by atoms with van der Waals surface area (Å²) in [5, 5.41) is 12.4. The maximum Gasteiger partial charge on any atom is 0.303 e. The van der Waals surface area contributed by atoms with E-state index in [1.165, 1.54) is 18.4 Å². The fourth-order valence-electron chi connectivity index (χ4n) is 2.52. The summed E-state index contributed by atoms with van der Waals surface area (Å²) in [6.45, 7) is 2.86. The quantitative estimate of drug-likeness (QED) is 0.778. The molecule has 1 aliphatic rings. The van der Waals surface area contributed by atoms with Gasteiger partial charge in [-0.1, -0.05) is 37.3 Å². The van der Waals surface area contributed by atoms with Crippen molar-refractivity contribution in [3.05, 3.63) is 35.9 Å². The van der Waals surface area contributed by atoms with E-state index < -0.39 is 5.97 Å². The summed E-state index contributed by atoms with van der Waals surface area (Å²) in [5.41, 5.74) is 1.26. The highest BCUT2D eigenvalue weighted by Crippen LogP contribution is 2.36. The number of hydrogen-bond donors (Lipinski definition) is 2. The van der Waals surface area contributed by atoms with Crippen molar-refractivity contribution < 1.29 is 9.90 Å². The van der Waals surface area contributed by atoms with Crippen molar-refractivity contribution >= 4 is 5.97 Å². The van der Waals surface area contributed by atoms with E-state index in [2.05, 4.69) is 17.4 Å². The number of aliphatic carboxylic acids is 1. The van der Waals surface area contributed by atoms with Crippen molar-refractivity contribution in [2.75, 3.05) is 0 Å². The summed E-state index contributed by atoms with van der Waals surface area (Å²) < 4.78 is 0. The van der Waals surface area contributed by atoms with E-state index in [4.69, 9.17) is 5.11 Å². The maximum atomic E-state index is 10.8. The molecule has 1 fully saturated rings. The van der Waals surface area contributed by atoms with Crippen LogP contribution in [0, 0.1) is 11.8 Å². The topological polar surface area (TPSA) is 49.3 Å². The zero-order valence-corrected chi connectivity index (χ0v) is 10.8. The SMILES string of the molecule is C[C@@H](CC(=O)O)C(NCc1ccccc1)C1CC1. The summed E-state index contributed by atoms with van der Waals surface area (Å²) in [7, 11) is 0. The second-order valence-corrected chi connectivity index (χ2v) is 5.30. The van der Waals surface area contributed by atoms with E-state index in [0.717, 1.165) is 6.54 Å². The second-order valence-electron chi connectivity index (χ2n) is 5.30. The third-order valence-electron chi connectivity index (χ3n) is 3.62. The molecule has 1 saturated carbocycles. The van der Waals surface area contributed by atoms with Crippen molar-refractivity contribution in [1.82, 2.24) is 5.32 Å². The number of hydrogen-bond acceptors (Lipinski definition) is 2. The minimum absolute atomic E-state index is 0.193. The highest BCUT2D eigenvalue weighted by Gasteiger charge is 2.34. The fourth-order valence-corrected chi connectivity index (χ4v) is 2.52. The summed E-state index contributed by atoms with van der Waals surface area (Å²) in [6.07, 6.45) is 2.72. The molecule has 0 aromatic heterocycles. The van der Waals surface area contributed by atoms with Gasteiger partial charge in [-0.25, -0.2) is 0 Å². The van der Waals surface area contributed by atoms with Crippen LogP contribution < -0.4 is 5.32 Å². The van der Waals surface area contributed by atoms with Gasteiger partial charge in [0.25, 0.3) is 0 Å². The van der Waals surface area contributed by atoms with Gasteiger partial charge in [0.15, 0.2) is 0 Å². The molecule has 18 heavy (non-hydrogen) atoms. The Morgan fingerprint density at radius 1 is 1.39 bits per heavy atom. The summed E-state index contributed by atoms with van der Waals surface area (Å²) >= 11 is 0. The van der Waals surface area contributed by atoms with Gasteiger partial charge in [0, 0.05) is 19.0 Å². The van der Waals surface area contributed by atoms with Crippen molar-refractivity contribution in [2.45, 2.75) is 38.8 Å². The van der Waals surface area contributed by atoms with Crippen LogP contribution in [0.4, 0.5) is 0 Å². The Kier molecular flexibility index (Phi) is 4.37. The van der Waals surface area contributed by atoms with Crippen LogP contribution in [-0.2, 0) is 11.3 Å². The first-order valence-electron chi connectivity index (χ1n) is 6.66. The Bertz CT molecular complexity index is 387. The lowest BCUT2D eigenvalue weighted by Gasteiger charge is -2.24.